The van der Waals surface area contributed by atoms with Crippen LogP contribution in [0, 0.1) is 0 Å². The van der Waals surface area contributed by atoms with Gasteiger partial charge < -0.3 is 9.88 Å². The zero-order valence-electron chi connectivity index (χ0n) is 10.6. The Morgan fingerprint density at radius 2 is 2.06 bits per heavy atom. The molecule has 0 atom stereocenters. The Hall–Kier alpha value is -1.77. The molecule has 1 heterocycles. The number of aromatic nitrogens is 1. The molecule has 0 aliphatic heterocycles. The van der Waals surface area contributed by atoms with Crippen LogP contribution in [-0.2, 0) is 0 Å². The van der Waals surface area contributed by atoms with E-state index < -0.39 is 0 Å². The van der Waals surface area contributed by atoms with E-state index in [-0.39, 0.29) is 5.91 Å². The molecule has 94 valence electrons. The molecule has 18 heavy (non-hydrogen) atoms. The van der Waals surface area contributed by atoms with Crippen molar-refractivity contribution in [2.75, 3.05) is 7.05 Å². The average molecular weight is 242 g/mol. The number of benzene rings is 1. The van der Waals surface area contributed by atoms with E-state index >= 15 is 0 Å². The zero-order valence-corrected chi connectivity index (χ0v) is 10.6. The topological polar surface area (TPSA) is 36.1 Å². The van der Waals surface area contributed by atoms with Gasteiger partial charge >= 0.3 is 0 Å². The second-order valence-corrected chi connectivity index (χ2v) is 5.10. The first-order valence-corrected chi connectivity index (χ1v) is 6.60. The lowest BCUT2D eigenvalue weighted by Gasteiger charge is -2.24. The van der Waals surface area contributed by atoms with Crippen molar-refractivity contribution in [2.24, 2.45) is 0 Å². The van der Waals surface area contributed by atoms with Crippen LogP contribution in [-0.4, -0.2) is 28.9 Å². The Kier molecular flexibility index (Phi) is 2.82. The minimum Gasteiger partial charge on any atom is -0.361 e. The normalized spacial score (nSPS) is 16.3. The van der Waals surface area contributed by atoms with E-state index in [0.717, 1.165) is 29.3 Å². The number of nitrogens with zero attached hydrogens (tertiary/aromatic N) is 1. The second-order valence-electron chi connectivity index (χ2n) is 5.10. The minimum absolute atomic E-state index is 0.134. The number of aromatic amines is 1. The molecule has 1 N–H and O–H groups in total. The number of H-pyrrole nitrogens is 1. The number of hydrogen-bond acceptors (Lipinski definition) is 1. The second kappa shape index (κ2) is 4.48. The average Bonchev–Trinajstić information content (AvgIpc) is 3.06. The smallest absolute Gasteiger partial charge is 0.255 e. The van der Waals surface area contributed by atoms with Gasteiger partial charge in [-0.3, -0.25) is 4.79 Å². The zero-order chi connectivity index (χ0) is 12.5. The van der Waals surface area contributed by atoms with Gasteiger partial charge in [-0.2, -0.15) is 0 Å². The molecule has 1 aromatic carbocycles. The standard InChI is InChI=1S/C15H18N2O/c1-17(12-6-2-3-7-12)15(18)13-8-4-5-11-9-10-16-14(11)13/h4-5,8-10,12,16H,2-3,6-7H2,1H3. The van der Waals surface area contributed by atoms with Crippen molar-refractivity contribution in [2.45, 2.75) is 31.7 Å². The predicted octanol–water partition coefficient (Wildman–Crippen LogP) is 3.18. The number of carbonyl (C=O) groups excluding carboxylic acids is 1. The Morgan fingerprint density at radius 1 is 1.28 bits per heavy atom. The number of amides is 1. The molecule has 1 aliphatic carbocycles. The maximum atomic E-state index is 12.5. The summed E-state index contributed by atoms with van der Waals surface area (Å²) in [5.41, 5.74) is 1.74. The molecule has 0 unspecified atom stereocenters. The molecule has 1 amide bonds. The molecule has 0 radical (unpaired) electrons. The van der Waals surface area contributed by atoms with E-state index in [2.05, 4.69) is 4.98 Å². The third-order valence-electron chi connectivity index (χ3n) is 4.01. The summed E-state index contributed by atoms with van der Waals surface area (Å²) in [6.45, 7) is 0. The van der Waals surface area contributed by atoms with E-state index in [9.17, 15) is 4.79 Å². The number of para-hydroxylation sites is 1. The molecule has 1 saturated carbocycles. The molecular formula is C15H18N2O. The first kappa shape index (κ1) is 11.3. The monoisotopic (exact) mass is 242 g/mol. The summed E-state index contributed by atoms with van der Waals surface area (Å²) in [5.74, 6) is 0.134. The summed E-state index contributed by atoms with van der Waals surface area (Å²) in [4.78, 5) is 17.6. The molecule has 0 saturated heterocycles. The summed E-state index contributed by atoms with van der Waals surface area (Å²) < 4.78 is 0. The first-order valence-electron chi connectivity index (χ1n) is 6.60. The van der Waals surface area contributed by atoms with E-state index in [1.54, 1.807) is 0 Å². The highest BCUT2D eigenvalue weighted by atomic mass is 16.2. The van der Waals surface area contributed by atoms with Gasteiger partial charge in [0.1, 0.15) is 0 Å². The van der Waals surface area contributed by atoms with Gasteiger partial charge in [0, 0.05) is 24.7 Å². The van der Waals surface area contributed by atoms with Gasteiger partial charge in [-0.15, -0.1) is 0 Å². The van der Waals surface area contributed by atoms with E-state index in [1.165, 1.54) is 12.8 Å². The molecule has 2 aromatic rings. The van der Waals surface area contributed by atoms with Crippen LogP contribution >= 0.6 is 0 Å². The fourth-order valence-electron chi connectivity index (χ4n) is 2.91. The van der Waals surface area contributed by atoms with Crippen LogP contribution in [0.4, 0.5) is 0 Å². The summed E-state index contributed by atoms with van der Waals surface area (Å²) in [5, 5.41) is 1.10. The van der Waals surface area contributed by atoms with E-state index in [4.69, 9.17) is 0 Å². The molecule has 1 fully saturated rings. The Bertz CT molecular complexity index is 567. The SMILES string of the molecule is CN(C(=O)c1cccc2cc[nH]c12)C1CCCC1. The molecular weight excluding hydrogens is 224 g/mol. The summed E-state index contributed by atoms with van der Waals surface area (Å²) in [7, 11) is 1.93. The van der Waals surface area contributed by atoms with Crippen molar-refractivity contribution in [1.29, 1.82) is 0 Å². The highest BCUT2D eigenvalue weighted by Crippen LogP contribution is 2.25. The van der Waals surface area contributed by atoms with Crippen LogP contribution < -0.4 is 0 Å². The van der Waals surface area contributed by atoms with E-state index in [1.807, 2.05) is 42.4 Å². The number of fused-ring (bicyclic) bond motifs is 1. The van der Waals surface area contributed by atoms with Crippen LogP contribution in [0.25, 0.3) is 10.9 Å². The van der Waals surface area contributed by atoms with Crippen LogP contribution in [0.15, 0.2) is 30.5 Å². The first-order chi connectivity index (χ1) is 8.77. The molecule has 1 aromatic heterocycles. The Balaban J connectivity index is 1.93. The van der Waals surface area contributed by atoms with E-state index in [0.29, 0.717) is 6.04 Å². The van der Waals surface area contributed by atoms with Crippen LogP contribution in [0.5, 0.6) is 0 Å². The summed E-state index contributed by atoms with van der Waals surface area (Å²) >= 11 is 0. The van der Waals surface area contributed by atoms with Gasteiger partial charge in [-0.1, -0.05) is 25.0 Å². The van der Waals surface area contributed by atoms with Gasteiger partial charge in [0.2, 0.25) is 0 Å². The maximum Gasteiger partial charge on any atom is 0.255 e. The molecule has 1 aliphatic rings. The highest BCUT2D eigenvalue weighted by Gasteiger charge is 2.25. The van der Waals surface area contributed by atoms with Crippen LogP contribution in [0.1, 0.15) is 36.0 Å². The fourth-order valence-corrected chi connectivity index (χ4v) is 2.91. The van der Waals surface area contributed by atoms with Crippen molar-refractivity contribution in [3.05, 3.63) is 36.0 Å². The van der Waals surface area contributed by atoms with Gasteiger partial charge in [0.15, 0.2) is 0 Å². The third-order valence-corrected chi connectivity index (χ3v) is 4.01. The van der Waals surface area contributed by atoms with Gasteiger partial charge in [-0.05, 0) is 25.0 Å². The molecule has 3 rings (SSSR count). The lowest BCUT2D eigenvalue weighted by atomic mass is 10.1. The van der Waals surface area contributed by atoms with Crippen LogP contribution in [0.3, 0.4) is 0 Å². The fraction of sp³-hybridized carbons (Fsp3) is 0.400. The summed E-state index contributed by atoms with van der Waals surface area (Å²) in [6, 6.07) is 8.31. The molecule has 3 nitrogen and oxygen atoms in total. The highest BCUT2D eigenvalue weighted by molar-refractivity contribution is 6.05. The van der Waals surface area contributed by atoms with Crippen molar-refractivity contribution in [3.8, 4) is 0 Å². The Morgan fingerprint density at radius 3 is 2.83 bits per heavy atom. The third kappa shape index (κ3) is 1.80. The number of rotatable bonds is 2. The number of hydrogen-bond donors (Lipinski definition) is 1. The Labute approximate surface area is 107 Å². The molecule has 0 spiro atoms. The predicted molar refractivity (Wildman–Crippen MR) is 72.6 cm³/mol. The quantitative estimate of drug-likeness (QED) is 0.862. The molecule has 3 heteroatoms. The minimum atomic E-state index is 0.134. The van der Waals surface area contributed by atoms with Crippen molar-refractivity contribution in [3.63, 3.8) is 0 Å². The lowest BCUT2D eigenvalue weighted by molar-refractivity contribution is 0.0737. The van der Waals surface area contributed by atoms with Crippen molar-refractivity contribution < 1.29 is 4.79 Å². The van der Waals surface area contributed by atoms with Crippen LogP contribution in [0.2, 0.25) is 0 Å². The van der Waals surface area contributed by atoms with Gasteiger partial charge in [0.25, 0.3) is 5.91 Å². The maximum absolute atomic E-state index is 12.5. The number of carbonyl (C=O) groups is 1. The largest absolute Gasteiger partial charge is 0.361 e. The summed E-state index contributed by atoms with van der Waals surface area (Å²) in [6.07, 6.45) is 6.66. The number of nitrogens with one attached hydrogen (secondary N) is 1. The van der Waals surface area contributed by atoms with Crippen molar-refractivity contribution in [1.82, 2.24) is 9.88 Å². The lowest BCUT2D eigenvalue weighted by Crippen LogP contribution is -2.35. The van der Waals surface area contributed by atoms with Gasteiger partial charge in [0.05, 0.1) is 11.1 Å². The van der Waals surface area contributed by atoms with Crippen molar-refractivity contribution >= 4 is 16.8 Å². The van der Waals surface area contributed by atoms with Gasteiger partial charge in [-0.25, -0.2) is 0 Å². The molecule has 0 bridgehead atoms.